The summed E-state index contributed by atoms with van der Waals surface area (Å²) < 4.78 is 11.5. The van der Waals surface area contributed by atoms with Crippen molar-refractivity contribution in [2.45, 2.75) is 20.1 Å². The minimum atomic E-state index is -1.01. The van der Waals surface area contributed by atoms with Crippen LogP contribution < -0.4 is 14.8 Å². The summed E-state index contributed by atoms with van der Waals surface area (Å²) in [4.78, 5) is 11.2. The van der Waals surface area contributed by atoms with Crippen LogP contribution in [0.5, 0.6) is 11.5 Å². The molecule has 29 heavy (non-hydrogen) atoms. The number of carboxylic acids is 1. The first-order valence-corrected chi connectivity index (χ1v) is 9.46. The van der Waals surface area contributed by atoms with Crippen LogP contribution in [0.15, 0.2) is 60.7 Å². The van der Waals surface area contributed by atoms with E-state index in [1.54, 1.807) is 13.2 Å². The van der Waals surface area contributed by atoms with Gasteiger partial charge in [0.1, 0.15) is 6.61 Å². The van der Waals surface area contributed by atoms with E-state index >= 15 is 0 Å². The third kappa shape index (κ3) is 5.21. The second-order valence-corrected chi connectivity index (χ2v) is 6.98. The summed E-state index contributed by atoms with van der Waals surface area (Å²) in [6, 6.07) is 18.3. The Hall–Kier alpha value is -3.18. The number of para-hydroxylation sites is 1. The van der Waals surface area contributed by atoms with Crippen LogP contribution in [-0.2, 0) is 13.2 Å². The van der Waals surface area contributed by atoms with Crippen LogP contribution in [0.1, 0.15) is 27.0 Å². The molecular weight excluding hydrogens is 390 g/mol. The van der Waals surface area contributed by atoms with Crippen LogP contribution >= 0.6 is 11.6 Å². The number of halogens is 1. The molecule has 0 saturated carbocycles. The Balaban J connectivity index is 1.79. The highest BCUT2D eigenvalue weighted by Gasteiger charge is 2.13. The molecule has 0 saturated heterocycles. The fraction of sp³-hybridized carbons (Fsp3) is 0.174. The number of anilines is 1. The molecule has 0 spiro atoms. The molecule has 0 radical (unpaired) electrons. The number of benzene rings is 3. The molecular formula is C23H22ClNO4. The molecule has 6 heteroatoms. The average Bonchev–Trinajstić information content (AvgIpc) is 2.72. The van der Waals surface area contributed by atoms with Crippen LogP contribution in [-0.4, -0.2) is 18.2 Å². The number of carboxylic acid groups (broad SMARTS) is 1. The third-order valence-corrected chi connectivity index (χ3v) is 4.80. The molecule has 150 valence electrons. The van der Waals surface area contributed by atoms with Crippen molar-refractivity contribution in [3.63, 3.8) is 0 Å². The topological polar surface area (TPSA) is 67.8 Å². The molecule has 0 bridgehead atoms. The van der Waals surface area contributed by atoms with Gasteiger partial charge in [-0.1, -0.05) is 53.6 Å². The molecule has 2 N–H and O–H groups in total. The summed E-state index contributed by atoms with van der Waals surface area (Å²) in [6.45, 7) is 2.84. The van der Waals surface area contributed by atoms with Gasteiger partial charge in [-0.3, -0.25) is 0 Å². The number of methoxy groups -OCH3 is 1. The van der Waals surface area contributed by atoms with Crippen LogP contribution in [0.4, 0.5) is 5.69 Å². The molecule has 0 aliphatic heterocycles. The van der Waals surface area contributed by atoms with Crippen molar-refractivity contribution >= 4 is 23.3 Å². The summed E-state index contributed by atoms with van der Waals surface area (Å²) in [5, 5.41) is 12.8. The zero-order valence-electron chi connectivity index (χ0n) is 16.2. The summed E-state index contributed by atoms with van der Waals surface area (Å²) in [6.07, 6.45) is 0. The smallest absolute Gasteiger partial charge is 0.335 e. The maximum absolute atomic E-state index is 11.2. The maximum Gasteiger partial charge on any atom is 0.335 e. The number of aryl methyl sites for hydroxylation is 1. The predicted molar refractivity (Wildman–Crippen MR) is 114 cm³/mol. The van der Waals surface area contributed by atoms with E-state index < -0.39 is 5.97 Å². The molecule has 0 aliphatic carbocycles. The molecule has 5 nitrogen and oxygen atoms in total. The second kappa shape index (κ2) is 9.34. The lowest BCUT2D eigenvalue weighted by atomic mass is 10.1. The Morgan fingerprint density at radius 1 is 1.10 bits per heavy atom. The van der Waals surface area contributed by atoms with Crippen LogP contribution in [0.3, 0.4) is 0 Å². The van der Waals surface area contributed by atoms with Crippen LogP contribution in [0, 0.1) is 6.92 Å². The van der Waals surface area contributed by atoms with E-state index in [-0.39, 0.29) is 5.56 Å². The zero-order chi connectivity index (χ0) is 20.8. The number of carbonyl (C=O) groups is 1. The molecule has 0 atom stereocenters. The third-order valence-electron chi connectivity index (χ3n) is 4.47. The SMILES string of the molecule is COc1cccc(CNc2cc(C(=O)O)ccc2Cl)c1OCc1ccc(C)cc1. The maximum atomic E-state index is 11.2. The first kappa shape index (κ1) is 20.6. The van der Waals surface area contributed by atoms with Crippen molar-refractivity contribution in [2.75, 3.05) is 12.4 Å². The largest absolute Gasteiger partial charge is 0.493 e. The number of hydrogen-bond donors (Lipinski definition) is 2. The van der Waals surface area contributed by atoms with E-state index in [1.165, 1.54) is 17.7 Å². The van der Waals surface area contributed by atoms with E-state index in [4.69, 9.17) is 21.1 Å². The number of aromatic carboxylic acids is 1. The fourth-order valence-corrected chi connectivity index (χ4v) is 3.03. The normalized spacial score (nSPS) is 10.4. The fourth-order valence-electron chi connectivity index (χ4n) is 2.85. The summed E-state index contributed by atoms with van der Waals surface area (Å²) in [5.74, 6) is 0.253. The highest BCUT2D eigenvalue weighted by Crippen LogP contribution is 2.33. The van der Waals surface area contributed by atoms with Gasteiger partial charge in [-0.2, -0.15) is 0 Å². The van der Waals surface area contributed by atoms with Crippen LogP contribution in [0.2, 0.25) is 5.02 Å². The second-order valence-electron chi connectivity index (χ2n) is 6.58. The van der Waals surface area contributed by atoms with Gasteiger partial charge >= 0.3 is 5.97 Å². The number of nitrogens with one attached hydrogen (secondary N) is 1. The number of rotatable bonds is 8. The predicted octanol–water partition coefficient (Wildman–Crippen LogP) is 5.55. The molecule has 0 amide bonds. The summed E-state index contributed by atoms with van der Waals surface area (Å²) >= 11 is 6.21. The molecule has 0 heterocycles. The Bertz CT molecular complexity index is 1000. The first-order chi connectivity index (χ1) is 14.0. The van der Waals surface area contributed by atoms with Gasteiger partial charge in [-0.05, 0) is 36.8 Å². The van der Waals surface area contributed by atoms with Gasteiger partial charge in [0, 0.05) is 12.1 Å². The molecule has 3 rings (SSSR count). The van der Waals surface area contributed by atoms with Crippen molar-refractivity contribution < 1.29 is 19.4 Å². The minimum Gasteiger partial charge on any atom is -0.493 e. The van der Waals surface area contributed by atoms with E-state index in [1.807, 2.05) is 49.4 Å². The van der Waals surface area contributed by atoms with Gasteiger partial charge in [0.25, 0.3) is 0 Å². The van der Waals surface area contributed by atoms with Gasteiger partial charge in [0.15, 0.2) is 11.5 Å². The minimum absolute atomic E-state index is 0.165. The van der Waals surface area contributed by atoms with E-state index in [9.17, 15) is 9.90 Å². The van der Waals surface area contributed by atoms with Crippen molar-refractivity contribution in [1.82, 2.24) is 0 Å². The molecule has 3 aromatic rings. The summed E-state index contributed by atoms with van der Waals surface area (Å²) in [5.41, 5.74) is 3.82. The van der Waals surface area contributed by atoms with E-state index in [0.29, 0.717) is 35.4 Å². The van der Waals surface area contributed by atoms with Crippen molar-refractivity contribution in [1.29, 1.82) is 0 Å². The zero-order valence-corrected chi connectivity index (χ0v) is 17.0. The quantitative estimate of drug-likeness (QED) is 0.509. The lowest BCUT2D eigenvalue weighted by molar-refractivity contribution is 0.0697. The van der Waals surface area contributed by atoms with E-state index in [0.717, 1.165) is 11.1 Å². The summed E-state index contributed by atoms with van der Waals surface area (Å²) in [7, 11) is 1.60. The molecule has 0 fully saturated rings. The highest BCUT2D eigenvalue weighted by atomic mass is 35.5. The first-order valence-electron chi connectivity index (χ1n) is 9.09. The van der Waals surface area contributed by atoms with Crippen molar-refractivity contribution in [2.24, 2.45) is 0 Å². The van der Waals surface area contributed by atoms with E-state index in [2.05, 4.69) is 5.32 Å². The number of ether oxygens (including phenoxy) is 2. The van der Waals surface area contributed by atoms with Gasteiger partial charge in [0.05, 0.1) is 23.4 Å². The van der Waals surface area contributed by atoms with Gasteiger partial charge in [-0.25, -0.2) is 4.79 Å². The van der Waals surface area contributed by atoms with Crippen LogP contribution in [0.25, 0.3) is 0 Å². The monoisotopic (exact) mass is 411 g/mol. The van der Waals surface area contributed by atoms with Gasteiger partial charge in [-0.15, -0.1) is 0 Å². The Morgan fingerprint density at radius 2 is 1.86 bits per heavy atom. The molecule has 0 aromatic heterocycles. The van der Waals surface area contributed by atoms with Crippen molar-refractivity contribution in [3.8, 4) is 11.5 Å². The van der Waals surface area contributed by atoms with Gasteiger partial charge < -0.3 is 19.9 Å². The lowest BCUT2D eigenvalue weighted by Crippen LogP contribution is -2.06. The molecule has 0 aliphatic rings. The number of hydrogen-bond acceptors (Lipinski definition) is 4. The molecule has 0 unspecified atom stereocenters. The highest BCUT2D eigenvalue weighted by molar-refractivity contribution is 6.33. The Morgan fingerprint density at radius 3 is 2.55 bits per heavy atom. The Kier molecular flexibility index (Phi) is 6.62. The lowest BCUT2D eigenvalue weighted by Gasteiger charge is -2.17. The molecule has 3 aromatic carbocycles. The average molecular weight is 412 g/mol. The van der Waals surface area contributed by atoms with Gasteiger partial charge in [0.2, 0.25) is 0 Å². The standard InChI is InChI=1S/C23H22ClNO4/c1-15-6-8-16(9-7-15)14-29-22-18(4-3-5-21(22)28-2)13-25-20-12-17(23(26)27)10-11-19(20)24/h3-12,25H,13-14H2,1-2H3,(H,26,27). The van der Waals surface area contributed by atoms with Crippen molar-refractivity contribution in [3.05, 3.63) is 87.9 Å². The Labute approximate surface area is 174 Å².